The first-order valence-electron chi connectivity index (χ1n) is 8.22. The summed E-state index contributed by atoms with van der Waals surface area (Å²) in [6.07, 6.45) is -4.60. The van der Waals surface area contributed by atoms with Gasteiger partial charge in [0, 0.05) is 18.2 Å². The number of rotatable bonds is 5. The van der Waals surface area contributed by atoms with E-state index in [0.29, 0.717) is 6.07 Å². The summed E-state index contributed by atoms with van der Waals surface area (Å²) in [4.78, 5) is 26.7. The summed E-state index contributed by atoms with van der Waals surface area (Å²) >= 11 is 11.6. The molecular formula is C19H9Cl2F3N2O5. The Morgan fingerprint density at radius 1 is 1.06 bits per heavy atom. The Balaban J connectivity index is 1.91. The van der Waals surface area contributed by atoms with Crippen LogP contribution in [0.1, 0.15) is 15.9 Å². The number of benzene rings is 2. The SMILES string of the molecule is O=C(Oc1cccc(Cl)n1)c1cc(Oc2ccc(C(F)(F)F)cc2Cl)ccc1[N+](=O)[O-]. The molecule has 1 aromatic heterocycles. The Hall–Kier alpha value is -3.37. The third-order valence-corrected chi connectivity index (χ3v) is 4.26. The van der Waals surface area contributed by atoms with Crippen LogP contribution in [0.15, 0.2) is 54.6 Å². The number of hydrogen-bond donors (Lipinski definition) is 0. The lowest BCUT2D eigenvalue weighted by molar-refractivity contribution is -0.385. The minimum atomic E-state index is -4.60. The maximum atomic E-state index is 12.8. The summed E-state index contributed by atoms with van der Waals surface area (Å²) in [6, 6.07) is 9.75. The number of nitro benzene ring substituents is 1. The van der Waals surface area contributed by atoms with Gasteiger partial charge in [-0.3, -0.25) is 10.1 Å². The second kappa shape index (κ2) is 8.78. The molecule has 3 rings (SSSR count). The van der Waals surface area contributed by atoms with Crippen molar-refractivity contribution in [3.05, 3.63) is 86.0 Å². The lowest BCUT2D eigenvalue weighted by Gasteiger charge is -2.12. The number of ether oxygens (including phenoxy) is 2. The molecule has 0 saturated heterocycles. The van der Waals surface area contributed by atoms with Crippen LogP contribution in [0.25, 0.3) is 0 Å². The van der Waals surface area contributed by atoms with Crippen molar-refractivity contribution in [2.45, 2.75) is 6.18 Å². The van der Waals surface area contributed by atoms with Crippen molar-refractivity contribution >= 4 is 34.9 Å². The van der Waals surface area contributed by atoms with Gasteiger partial charge in [0.1, 0.15) is 22.2 Å². The number of carbonyl (C=O) groups is 1. The molecule has 0 unspecified atom stereocenters. The highest BCUT2D eigenvalue weighted by molar-refractivity contribution is 6.32. The zero-order valence-electron chi connectivity index (χ0n) is 15.0. The lowest BCUT2D eigenvalue weighted by atomic mass is 10.1. The summed E-state index contributed by atoms with van der Waals surface area (Å²) in [7, 11) is 0. The van der Waals surface area contributed by atoms with Crippen molar-refractivity contribution in [3.8, 4) is 17.4 Å². The average Bonchev–Trinajstić information content (AvgIpc) is 2.68. The first-order valence-corrected chi connectivity index (χ1v) is 8.98. The van der Waals surface area contributed by atoms with E-state index in [4.69, 9.17) is 32.7 Å². The number of halogens is 5. The van der Waals surface area contributed by atoms with Crippen molar-refractivity contribution in [1.82, 2.24) is 4.98 Å². The highest BCUT2D eigenvalue weighted by Crippen LogP contribution is 2.37. The van der Waals surface area contributed by atoms with Crippen LogP contribution in [0.5, 0.6) is 17.4 Å². The summed E-state index contributed by atoms with van der Waals surface area (Å²) in [5.74, 6) is -1.56. The molecule has 0 aliphatic rings. The van der Waals surface area contributed by atoms with Crippen molar-refractivity contribution in [3.63, 3.8) is 0 Å². The van der Waals surface area contributed by atoms with E-state index >= 15 is 0 Å². The first kappa shape index (κ1) is 22.3. The maximum absolute atomic E-state index is 12.8. The molecule has 7 nitrogen and oxygen atoms in total. The van der Waals surface area contributed by atoms with E-state index in [1.54, 1.807) is 0 Å². The van der Waals surface area contributed by atoms with E-state index < -0.39 is 33.9 Å². The largest absolute Gasteiger partial charge is 0.456 e. The molecule has 160 valence electrons. The predicted octanol–water partition coefficient (Wildman–Crippen LogP) is 6.33. The van der Waals surface area contributed by atoms with Gasteiger partial charge in [0.25, 0.3) is 5.69 Å². The average molecular weight is 473 g/mol. The molecule has 2 aromatic carbocycles. The third-order valence-electron chi connectivity index (χ3n) is 3.76. The van der Waals surface area contributed by atoms with E-state index in [9.17, 15) is 28.1 Å². The molecule has 0 amide bonds. The predicted molar refractivity (Wildman–Crippen MR) is 104 cm³/mol. The van der Waals surface area contributed by atoms with Gasteiger partial charge < -0.3 is 9.47 Å². The van der Waals surface area contributed by atoms with Gasteiger partial charge in [-0.1, -0.05) is 29.3 Å². The Kier molecular flexibility index (Phi) is 6.32. The molecule has 0 N–H and O–H groups in total. The molecule has 31 heavy (non-hydrogen) atoms. The third kappa shape index (κ3) is 5.41. The topological polar surface area (TPSA) is 91.6 Å². The number of alkyl halides is 3. The van der Waals surface area contributed by atoms with Gasteiger partial charge in [0.2, 0.25) is 5.88 Å². The number of esters is 1. The zero-order valence-corrected chi connectivity index (χ0v) is 16.5. The van der Waals surface area contributed by atoms with Crippen molar-refractivity contribution in [2.75, 3.05) is 0 Å². The van der Waals surface area contributed by atoms with Gasteiger partial charge in [-0.15, -0.1) is 0 Å². The van der Waals surface area contributed by atoms with E-state index in [1.807, 2.05) is 0 Å². The highest BCUT2D eigenvalue weighted by atomic mass is 35.5. The molecule has 0 bridgehead atoms. The standard InChI is InChI=1S/C19H9Cl2F3N2O5/c20-13-8-10(19(22,23)24)4-7-15(13)30-11-5-6-14(26(28)29)12(9-11)18(27)31-17-3-1-2-16(21)25-17/h1-9H. The molecular weight excluding hydrogens is 464 g/mol. The van der Waals surface area contributed by atoms with Crippen LogP contribution in [0.3, 0.4) is 0 Å². The molecule has 0 aliphatic heterocycles. The van der Waals surface area contributed by atoms with E-state index in [-0.39, 0.29) is 27.6 Å². The highest BCUT2D eigenvalue weighted by Gasteiger charge is 2.31. The minimum absolute atomic E-state index is 0.0360. The number of nitro groups is 1. The molecule has 0 spiro atoms. The zero-order chi connectivity index (χ0) is 22.8. The molecule has 0 aliphatic carbocycles. The second-order valence-corrected chi connectivity index (χ2v) is 6.66. The molecule has 3 aromatic rings. The van der Waals surface area contributed by atoms with Crippen molar-refractivity contribution in [2.24, 2.45) is 0 Å². The number of pyridine rings is 1. The van der Waals surface area contributed by atoms with E-state index in [0.717, 1.165) is 30.3 Å². The molecule has 0 radical (unpaired) electrons. The summed E-state index contributed by atoms with van der Waals surface area (Å²) in [5.41, 5.74) is -2.04. The van der Waals surface area contributed by atoms with Crippen LogP contribution < -0.4 is 9.47 Å². The van der Waals surface area contributed by atoms with Crippen molar-refractivity contribution in [1.29, 1.82) is 0 Å². The number of nitrogens with zero attached hydrogens (tertiary/aromatic N) is 2. The molecule has 0 saturated carbocycles. The Labute approximate surface area is 182 Å². The minimum Gasteiger partial charge on any atom is -0.456 e. The van der Waals surface area contributed by atoms with Gasteiger partial charge in [-0.05, 0) is 30.3 Å². The van der Waals surface area contributed by atoms with Crippen LogP contribution in [0.2, 0.25) is 10.2 Å². The Bertz CT molecular complexity index is 1170. The number of hydrogen-bond acceptors (Lipinski definition) is 6. The van der Waals surface area contributed by atoms with Crippen LogP contribution in [-0.2, 0) is 6.18 Å². The molecule has 1 heterocycles. The normalized spacial score (nSPS) is 11.1. The summed E-state index contributed by atoms with van der Waals surface area (Å²) < 4.78 is 48.7. The van der Waals surface area contributed by atoms with Crippen molar-refractivity contribution < 1.29 is 32.4 Å². The summed E-state index contributed by atoms with van der Waals surface area (Å²) in [5, 5.41) is 11.0. The maximum Gasteiger partial charge on any atom is 0.416 e. The van der Waals surface area contributed by atoms with Crippen LogP contribution in [-0.4, -0.2) is 15.9 Å². The number of aromatic nitrogens is 1. The fourth-order valence-corrected chi connectivity index (χ4v) is 2.76. The van der Waals surface area contributed by atoms with Gasteiger partial charge in [-0.2, -0.15) is 13.2 Å². The van der Waals surface area contributed by atoms with Gasteiger partial charge in [0.15, 0.2) is 0 Å². The monoisotopic (exact) mass is 472 g/mol. The fourth-order valence-electron chi connectivity index (χ4n) is 2.38. The molecule has 12 heteroatoms. The summed E-state index contributed by atoms with van der Waals surface area (Å²) in [6.45, 7) is 0. The number of carbonyl (C=O) groups excluding carboxylic acids is 1. The first-order chi connectivity index (χ1) is 14.5. The Morgan fingerprint density at radius 3 is 2.42 bits per heavy atom. The van der Waals surface area contributed by atoms with Gasteiger partial charge in [-0.25, -0.2) is 9.78 Å². The van der Waals surface area contributed by atoms with Crippen LogP contribution in [0.4, 0.5) is 18.9 Å². The van der Waals surface area contributed by atoms with Gasteiger partial charge >= 0.3 is 12.1 Å². The quantitative estimate of drug-likeness (QED) is 0.186. The van der Waals surface area contributed by atoms with E-state index in [2.05, 4.69) is 4.98 Å². The Morgan fingerprint density at radius 2 is 1.81 bits per heavy atom. The lowest BCUT2D eigenvalue weighted by Crippen LogP contribution is -2.12. The van der Waals surface area contributed by atoms with Gasteiger partial charge in [0.05, 0.1) is 15.5 Å². The van der Waals surface area contributed by atoms with Crippen LogP contribution >= 0.6 is 23.2 Å². The van der Waals surface area contributed by atoms with Crippen LogP contribution in [0, 0.1) is 10.1 Å². The smallest absolute Gasteiger partial charge is 0.416 e. The molecule has 0 atom stereocenters. The van der Waals surface area contributed by atoms with E-state index in [1.165, 1.54) is 18.2 Å². The molecule has 0 fully saturated rings. The fraction of sp³-hybridized carbons (Fsp3) is 0.0526. The second-order valence-electron chi connectivity index (χ2n) is 5.87.